The third kappa shape index (κ3) is 3.77. The maximum absolute atomic E-state index is 11.8. The van der Waals surface area contributed by atoms with Crippen LogP contribution in [0.15, 0.2) is 73.1 Å². The molecular formula is C21H16N4O4. The molecule has 0 spiro atoms. The Labute approximate surface area is 165 Å². The Bertz CT molecular complexity index is 1200. The van der Waals surface area contributed by atoms with Crippen LogP contribution in [0.1, 0.15) is 0 Å². The lowest BCUT2D eigenvalue weighted by atomic mass is 10.1. The molecule has 1 aromatic heterocycles. The minimum Gasteiger partial charge on any atom is -0.495 e. The lowest BCUT2D eigenvalue weighted by Crippen LogP contribution is -2.04. The van der Waals surface area contributed by atoms with Crippen LogP contribution in [-0.2, 0) is 0 Å². The zero-order valence-electron chi connectivity index (χ0n) is 15.4. The summed E-state index contributed by atoms with van der Waals surface area (Å²) in [7, 11) is 1.52. The van der Waals surface area contributed by atoms with Crippen molar-refractivity contribution in [1.29, 1.82) is 0 Å². The lowest BCUT2D eigenvalue weighted by molar-refractivity contribution is -0.385. The predicted molar refractivity (Wildman–Crippen MR) is 109 cm³/mol. The number of methoxy groups -OCH3 is 1. The molecular weight excluding hydrogens is 372 g/mol. The summed E-state index contributed by atoms with van der Waals surface area (Å²) >= 11 is 0. The van der Waals surface area contributed by atoms with Gasteiger partial charge in [0.2, 0.25) is 5.82 Å². The van der Waals surface area contributed by atoms with E-state index in [1.807, 2.05) is 30.3 Å². The molecule has 144 valence electrons. The summed E-state index contributed by atoms with van der Waals surface area (Å²) in [4.78, 5) is 19.2. The Balaban J connectivity index is 1.71. The van der Waals surface area contributed by atoms with Crippen molar-refractivity contribution in [1.82, 2.24) is 9.97 Å². The molecule has 0 radical (unpaired) electrons. The molecule has 0 aliphatic rings. The fourth-order valence-electron chi connectivity index (χ4n) is 2.91. The molecule has 1 N–H and O–H groups in total. The van der Waals surface area contributed by atoms with E-state index in [-0.39, 0.29) is 17.4 Å². The molecule has 0 unspecified atom stereocenters. The number of anilines is 2. The third-order valence-electron chi connectivity index (χ3n) is 4.27. The predicted octanol–water partition coefficient (Wildman–Crippen LogP) is 5.08. The summed E-state index contributed by atoms with van der Waals surface area (Å²) in [6, 6.07) is 20.2. The molecule has 0 bridgehead atoms. The number of nitro groups is 1. The van der Waals surface area contributed by atoms with Crippen molar-refractivity contribution in [3.63, 3.8) is 0 Å². The van der Waals surface area contributed by atoms with Crippen LogP contribution in [0.3, 0.4) is 0 Å². The van der Waals surface area contributed by atoms with Gasteiger partial charge in [-0.15, -0.1) is 0 Å². The number of hydrogen-bond acceptors (Lipinski definition) is 7. The maximum Gasteiger partial charge on any atom is 0.373 e. The number of fused-ring (bicyclic) bond motifs is 1. The molecule has 0 saturated heterocycles. The Kier molecular flexibility index (Phi) is 4.90. The van der Waals surface area contributed by atoms with Crippen LogP contribution in [0.4, 0.5) is 17.2 Å². The summed E-state index contributed by atoms with van der Waals surface area (Å²) in [6.07, 6.45) is 1.21. The molecule has 4 rings (SSSR count). The second-order valence-corrected chi connectivity index (χ2v) is 6.07. The van der Waals surface area contributed by atoms with Crippen LogP contribution in [0.25, 0.3) is 10.8 Å². The number of nitrogens with zero attached hydrogens (tertiary/aromatic N) is 3. The molecule has 0 saturated carbocycles. The van der Waals surface area contributed by atoms with Crippen LogP contribution in [0, 0.1) is 10.1 Å². The van der Waals surface area contributed by atoms with Gasteiger partial charge >= 0.3 is 11.6 Å². The highest BCUT2D eigenvalue weighted by molar-refractivity contribution is 5.84. The number of aromatic nitrogens is 2. The quantitative estimate of drug-likeness (QED) is 0.363. The second kappa shape index (κ2) is 7.81. The topological polar surface area (TPSA) is 99.4 Å². The Morgan fingerprint density at radius 1 is 0.966 bits per heavy atom. The van der Waals surface area contributed by atoms with E-state index in [2.05, 4.69) is 15.3 Å². The first-order chi connectivity index (χ1) is 14.2. The van der Waals surface area contributed by atoms with Crippen LogP contribution >= 0.6 is 0 Å². The maximum atomic E-state index is 11.8. The van der Waals surface area contributed by atoms with E-state index in [0.29, 0.717) is 17.2 Å². The monoisotopic (exact) mass is 388 g/mol. The minimum absolute atomic E-state index is 0.00490. The van der Waals surface area contributed by atoms with Crippen molar-refractivity contribution in [3.05, 3.63) is 83.2 Å². The normalized spacial score (nSPS) is 10.5. The van der Waals surface area contributed by atoms with Crippen molar-refractivity contribution >= 4 is 28.0 Å². The van der Waals surface area contributed by atoms with E-state index in [0.717, 1.165) is 10.8 Å². The summed E-state index contributed by atoms with van der Waals surface area (Å²) in [6.45, 7) is 0. The molecule has 8 nitrogen and oxygen atoms in total. The number of ether oxygens (including phenoxy) is 2. The number of benzene rings is 3. The van der Waals surface area contributed by atoms with E-state index in [1.165, 1.54) is 13.4 Å². The van der Waals surface area contributed by atoms with Crippen molar-refractivity contribution in [2.75, 3.05) is 12.4 Å². The summed E-state index contributed by atoms with van der Waals surface area (Å²) < 4.78 is 11.0. The SMILES string of the molecule is COc1ccccc1Nc1ncnc(Oc2ccc3ccccc3c2)c1[N+](=O)[O-]. The van der Waals surface area contributed by atoms with E-state index < -0.39 is 4.92 Å². The number of rotatable bonds is 6. The third-order valence-corrected chi connectivity index (χ3v) is 4.27. The van der Waals surface area contributed by atoms with Gasteiger partial charge in [0.05, 0.1) is 17.7 Å². The van der Waals surface area contributed by atoms with Crippen molar-refractivity contribution in [2.45, 2.75) is 0 Å². The summed E-state index contributed by atoms with van der Waals surface area (Å²) in [5, 5.41) is 16.7. The zero-order chi connectivity index (χ0) is 20.2. The Morgan fingerprint density at radius 3 is 2.52 bits per heavy atom. The highest BCUT2D eigenvalue weighted by atomic mass is 16.6. The first kappa shape index (κ1) is 18.2. The molecule has 0 atom stereocenters. The highest BCUT2D eigenvalue weighted by Gasteiger charge is 2.26. The van der Waals surface area contributed by atoms with E-state index >= 15 is 0 Å². The van der Waals surface area contributed by atoms with Crippen LogP contribution in [0.5, 0.6) is 17.4 Å². The standard InChI is InChI=1S/C21H16N4O4/c1-28-18-9-5-4-8-17(18)24-20-19(25(26)27)21(23-13-22-20)29-16-11-10-14-6-2-3-7-15(14)12-16/h2-13H,1H3,(H,22,23,24). The van der Waals surface area contributed by atoms with Crippen molar-refractivity contribution in [2.24, 2.45) is 0 Å². The van der Waals surface area contributed by atoms with Gasteiger partial charge in [0.15, 0.2) is 0 Å². The first-order valence-electron chi connectivity index (χ1n) is 8.72. The molecule has 0 fully saturated rings. The van der Waals surface area contributed by atoms with Gasteiger partial charge in [0.25, 0.3) is 0 Å². The number of nitrogens with one attached hydrogen (secondary N) is 1. The van der Waals surface area contributed by atoms with E-state index in [9.17, 15) is 10.1 Å². The average molecular weight is 388 g/mol. The minimum atomic E-state index is -0.575. The van der Waals surface area contributed by atoms with Crippen molar-refractivity contribution < 1.29 is 14.4 Å². The smallest absolute Gasteiger partial charge is 0.373 e. The molecule has 0 amide bonds. The molecule has 0 aliphatic heterocycles. The first-order valence-corrected chi connectivity index (χ1v) is 8.72. The van der Waals surface area contributed by atoms with Gasteiger partial charge in [0.1, 0.15) is 17.8 Å². The fourth-order valence-corrected chi connectivity index (χ4v) is 2.91. The summed E-state index contributed by atoms with van der Waals surface area (Å²) in [5.74, 6) is 0.814. The van der Waals surface area contributed by atoms with Gasteiger partial charge in [0, 0.05) is 0 Å². The van der Waals surface area contributed by atoms with E-state index in [1.54, 1.807) is 36.4 Å². The van der Waals surface area contributed by atoms with Gasteiger partial charge in [-0.25, -0.2) is 4.98 Å². The van der Waals surface area contributed by atoms with Gasteiger partial charge in [-0.3, -0.25) is 10.1 Å². The van der Waals surface area contributed by atoms with Gasteiger partial charge in [-0.1, -0.05) is 42.5 Å². The largest absolute Gasteiger partial charge is 0.495 e. The van der Waals surface area contributed by atoms with Crippen LogP contribution < -0.4 is 14.8 Å². The Morgan fingerprint density at radius 2 is 1.72 bits per heavy atom. The van der Waals surface area contributed by atoms with Gasteiger partial charge in [-0.2, -0.15) is 4.98 Å². The van der Waals surface area contributed by atoms with Gasteiger partial charge < -0.3 is 14.8 Å². The molecule has 8 heteroatoms. The molecule has 4 aromatic rings. The lowest BCUT2D eigenvalue weighted by Gasteiger charge is -2.12. The molecule has 29 heavy (non-hydrogen) atoms. The molecule has 3 aromatic carbocycles. The highest BCUT2D eigenvalue weighted by Crippen LogP contribution is 2.37. The second-order valence-electron chi connectivity index (χ2n) is 6.07. The Hall–Kier alpha value is -4.20. The molecule has 1 heterocycles. The average Bonchev–Trinajstić information content (AvgIpc) is 2.74. The number of para-hydroxylation sites is 2. The molecule has 0 aliphatic carbocycles. The fraction of sp³-hybridized carbons (Fsp3) is 0.0476. The van der Waals surface area contributed by atoms with Crippen LogP contribution in [0.2, 0.25) is 0 Å². The van der Waals surface area contributed by atoms with E-state index in [4.69, 9.17) is 9.47 Å². The summed E-state index contributed by atoms with van der Waals surface area (Å²) in [5.41, 5.74) is 0.167. The van der Waals surface area contributed by atoms with Crippen molar-refractivity contribution in [3.8, 4) is 17.4 Å². The van der Waals surface area contributed by atoms with Gasteiger partial charge in [-0.05, 0) is 35.0 Å². The van der Waals surface area contributed by atoms with Crippen LogP contribution in [-0.4, -0.2) is 22.0 Å². The zero-order valence-corrected chi connectivity index (χ0v) is 15.4. The number of hydrogen-bond donors (Lipinski definition) is 1.